The van der Waals surface area contributed by atoms with E-state index in [1.165, 1.54) is 0 Å². The fourth-order valence-corrected chi connectivity index (χ4v) is 5.11. The van der Waals surface area contributed by atoms with Gasteiger partial charge in [-0.2, -0.15) is 0 Å². The van der Waals surface area contributed by atoms with Gasteiger partial charge < -0.3 is 19.4 Å². The van der Waals surface area contributed by atoms with E-state index in [1.807, 2.05) is 0 Å². The Balaban J connectivity index is 1.35. The Labute approximate surface area is 185 Å². The maximum atomic E-state index is 13.6. The molecule has 0 aromatic carbocycles. The Morgan fingerprint density at radius 1 is 1.12 bits per heavy atom. The van der Waals surface area contributed by atoms with Crippen LogP contribution in [-0.4, -0.2) is 63.8 Å². The van der Waals surface area contributed by atoms with Crippen molar-refractivity contribution in [1.29, 1.82) is 0 Å². The summed E-state index contributed by atoms with van der Waals surface area (Å²) in [7, 11) is 0. The van der Waals surface area contributed by atoms with Crippen molar-refractivity contribution in [3.8, 4) is 11.5 Å². The predicted molar refractivity (Wildman–Crippen MR) is 112 cm³/mol. The molecule has 168 valence electrons. The number of ketones is 1. The van der Waals surface area contributed by atoms with Crippen molar-refractivity contribution in [3.05, 3.63) is 36.5 Å². The number of hydrogen-bond donors (Lipinski definition) is 1. The van der Waals surface area contributed by atoms with Gasteiger partial charge in [-0.25, -0.2) is 4.98 Å². The quantitative estimate of drug-likeness (QED) is 0.759. The van der Waals surface area contributed by atoms with Gasteiger partial charge in [0.05, 0.1) is 12.3 Å². The summed E-state index contributed by atoms with van der Waals surface area (Å²) in [4.78, 5) is 48.8. The molecule has 0 spiro atoms. The van der Waals surface area contributed by atoms with Gasteiger partial charge in [0.15, 0.2) is 17.3 Å². The molecule has 1 N–H and O–H groups in total. The van der Waals surface area contributed by atoms with E-state index < -0.39 is 18.0 Å². The molecule has 9 nitrogen and oxygen atoms in total. The van der Waals surface area contributed by atoms with Crippen LogP contribution in [0.4, 0.5) is 0 Å². The Kier molecular flexibility index (Phi) is 5.73. The normalized spacial score (nSPS) is 24.4. The Bertz CT molecular complexity index is 1000. The molecular weight excluding hydrogens is 412 g/mol. The average Bonchev–Trinajstić information content (AvgIpc) is 3.56. The first-order chi connectivity index (χ1) is 15.6. The van der Waals surface area contributed by atoms with E-state index >= 15 is 0 Å². The highest BCUT2D eigenvalue weighted by Crippen LogP contribution is 2.32. The molecule has 5 rings (SSSR count). The van der Waals surface area contributed by atoms with Crippen LogP contribution >= 0.6 is 0 Å². The number of ether oxygens (including phenoxy) is 1. The summed E-state index contributed by atoms with van der Waals surface area (Å²) in [6.07, 6.45) is 9.99. The van der Waals surface area contributed by atoms with Gasteiger partial charge in [0, 0.05) is 18.9 Å². The van der Waals surface area contributed by atoms with Crippen LogP contribution in [0, 0.1) is 5.92 Å². The van der Waals surface area contributed by atoms with E-state index in [9.17, 15) is 14.4 Å². The largest absolute Gasteiger partial charge is 0.449 e. The minimum atomic E-state index is -0.694. The topological polar surface area (TPSA) is 115 Å². The number of carbonyl (C=O) groups is 3. The van der Waals surface area contributed by atoms with Crippen molar-refractivity contribution in [1.82, 2.24) is 20.2 Å². The highest BCUT2D eigenvalue weighted by atomic mass is 16.5. The minimum Gasteiger partial charge on any atom is -0.449 e. The fraction of sp³-hybridized carbons (Fsp3) is 0.522. The molecule has 9 heteroatoms. The standard InChI is InChI=1S/C23H26N4O5/c28-16-13-31-18-8-11-27(21(16)18)23(30)20(14-4-2-1-3-5-14)26-22(29)19-7-6-17(32-19)15-12-24-9-10-25-15/h6-7,9-10,12,14,18,20-21H,1-5,8,11,13H2,(H,26,29)/t18-,20?,21-/m1/s1. The Morgan fingerprint density at radius 3 is 2.75 bits per heavy atom. The van der Waals surface area contributed by atoms with Gasteiger partial charge in [0.25, 0.3) is 5.91 Å². The molecule has 32 heavy (non-hydrogen) atoms. The van der Waals surface area contributed by atoms with Crippen molar-refractivity contribution in [3.63, 3.8) is 0 Å². The van der Waals surface area contributed by atoms with E-state index in [0.29, 0.717) is 24.4 Å². The number of nitrogens with one attached hydrogen (secondary N) is 1. The van der Waals surface area contributed by atoms with Gasteiger partial charge in [0.2, 0.25) is 5.91 Å². The second-order valence-corrected chi connectivity index (χ2v) is 8.68. The maximum absolute atomic E-state index is 13.6. The Morgan fingerprint density at radius 2 is 1.97 bits per heavy atom. The number of furan rings is 1. The van der Waals surface area contributed by atoms with Crippen LogP contribution in [0.2, 0.25) is 0 Å². The molecule has 3 atom stereocenters. The summed E-state index contributed by atoms with van der Waals surface area (Å²) in [5, 5.41) is 2.93. The summed E-state index contributed by atoms with van der Waals surface area (Å²) < 4.78 is 11.2. The van der Waals surface area contributed by atoms with E-state index in [0.717, 1.165) is 32.1 Å². The maximum Gasteiger partial charge on any atom is 0.287 e. The number of Topliss-reactive ketones (excluding diaryl/α,β-unsaturated/α-hetero) is 1. The number of hydrogen-bond acceptors (Lipinski definition) is 7. The lowest BCUT2D eigenvalue weighted by molar-refractivity contribution is -0.139. The molecule has 2 aromatic heterocycles. The zero-order valence-electron chi connectivity index (χ0n) is 17.7. The van der Waals surface area contributed by atoms with Gasteiger partial charge in [-0.15, -0.1) is 0 Å². The summed E-state index contributed by atoms with van der Waals surface area (Å²) >= 11 is 0. The molecule has 3 aliphatic rings. The molecule has 1 unspecified atom stereocenters. The molecule has 2 aromatic rings. The van der Waals surface area contributed by atoms with Crippen LogP contribution in [0.25, 0.3) is 11.5 Å². The van der Waals surface area contributed by atoms with Crippen LogP contribution in [0.1, 0.15) is 49.1 Å². The molecule has 2 saturated heterocycles. The third-order valence-electron chi connectivity index (χ3n) is 6.71. The van der Waals surface area contributed by atoms with Crippen LogP contribution in [-0.2, 0) is 14.3 Å². The molecule has 2 amide bonds. The summed E-state index contributed by atoms with van der Waals surface area (Å²) in [6, 6.07) is 2.01. The third-order valence-corrected chi connectivity index (χ3v) is 6.71. The van der Waals surface area contributed by atoms with E-state index in [4.69, 9.17) is 9.15 Å². The number of rotatable bonds is 5. The number of fused-ring (bicyclic) bond motifs is 1. The molecule has 1 saturated carbocycles. The highest BCUT2D eigenvalue weighted by molar-refractivity contribution is 5.98. The number of nitrogens with zero attached hydrogens (tertiary/aromatic N) is 3. The van der Waals surface area contributed by atoms with Gasteiger partial charge >= 0.3 is 0 Å². The number of carbonyl (C=O) groups excluding carboxylic acids is 3. The van der Waals surface area contributed by atoms with Gasteiger partial charge in [-0.3, -0.25) is 19.4 Å². The molecular formula is C23H26N4O5. The van der Waals surface area contributed by atoms with Crippen LogP contribution < -0.4 is 5.32 Å². The van der Waals surface area contributed by atoms with Crippen molar-refractivity contribution in [2.75, 3.05) is 13.2 Å². The number of aromatic nitrogens is 2. The fourth-order valence-electron chi connectivity index (χ4n) is 5.11. The molecule has 1 aliphatic carbocycles. The summed E-state index contributed by atoms with van der Waals surface area (Å²) in [6.45, 7) is 0.522. The first-order valence-corrected chi connectivity index (χ1v) is 11.2. The monoisotopic (exact) mass is 438 g/mol. The highest BCUT2D eigenvalue weighted by Gasteiger charge is 2.49. The molecule has 4 heterocycles. The van der Waals surface area contributed by atoms with Crippen LogP contribution in [0.3, 0.4) is 0 Å². The first-order valence-electron chi connectivity index (χ1n) is 11.2. The molecule has 0 radical (unpaired) electrons. The summed E-state index contributed by atoms with van der Waals surface area (Å²) in [5.74, 6) is -0.134. The second-order valence-electron chi connectivity index (χ2n) is 8.68. The molecule has 3 fully saturated rings. The van der Waals surface area contributed by atoms with E-state index in [1.54, 1.807) is 35.6 Å². The van der Waals surface area contributed by atoms with Crippen molar-refractivity contribution < 1.29 is 23.5 Å². The molecule has 2 aliphatic heterocycles. The average molecular weight is 438 g/mol. The lowest BCUT2D eigenvalue weighted by Crippen LogP contribution is -2.55. The lowest BCUT2D eigenvalue weighted by atomic mass is 9.83. The number of likely N-dealkylation sites (tertiary alicyclic amines) is 1. The summed E-state index contributed by atoms with van der Waals surface area (Å²) in [5.41, 5.74) is 0.523. The van der Waals surface area contributed by atoms with Crippen molar-refractivity contribution in [2.24, 2.45) is 5.92 Å². The van der Waals surface area contributed by atoms with Crippen LogP contribution in [0.5, 0.6) is 0 Å². The first kappa shape index (κ1) is 20.8. The van der Waals surface area contributed by atoms with Gasteiger partial charge in [-0.1, -0.05) is 19.3 Å². The minimum absolute atomic E-state index is 0.0334. The predicted octanol–water partition coefficient (Wildman–Crippen LogP) is 1.98. The molecule has 0 bridgehead atoms. The van der Waals surface area contributed by atoms with E-state index in [-0.39, 0.29) is 36.1 Å². The third kappa shape index (κ3) is 3.92. The van der Waals surface area contributed by atoms with Gasteiger partial charge in [0.1, 0.15) is 24.4 Å². The lowest BCUT2D eigenvalue weighted by Gasteiger charge is -2.34. The zero-order valence-corrected chi connectivity index (χ0v) is 17.7. The van der Waals surface area contributed by atoms with Crippen LogP contribution in [0.15, 0.2) is 35.1 Å². The van der Waals surface area contributed by atoms with E-state index in [2.05, 4.69) is 15.3 Å². The van der Waals surface area contributed by atoms with Crippen molar-refractivity contribution >= 4 is 17.6 Å². The van der Waals surface area contributed by atoms with Crippen molar-refractivity contribution in [2.45, 2.75) is 56.7 Å². The van der Waals surface area contributed by atoms with Gasteiger partial charge in [-0.05, 0) is 37.3 Å². The number of amides is 2. The Hall–Kier alpha value is -3.07. The SMILES string of the molecule is O=C(NC(C(=O)N1CC[C@H]2OCC(=O)[C@H]21)C1CCCCC1)c1ccc(-c2cnccn2)o1. The smallest absolute Gasteiger partial charge is 0.287 e. The second kappa shape index (κ2) is 8.82. The zero-order chi connectivity index (χ0) is 22.1.